The third-order valence-electron chi connectivity index (χ3n) is 2.69. The Morgan fingerprint density at radius 2 is 2.25 bits per heavy atom. The summed E-state index contributed by atoms with van der Waals surface area (Å²) in [7, 11) is 1.72. The van der Waals surface area contributed by atoms with E-state index < -0.39 is 0 Å². The second-order valence-corrected chi connectivity index (χ2v) is 5.62. The van der Waals surface area contributed by atoms with Gasteiger partial charge in [0.25, 0.3) is 5.91 Å². The van der Waals surface area contributed by atoms with Crippen LogP contribution in [0.1, 0.15) is 34.0 Å². The number of hydrogen-bond donors (Lipinski definition) is 2. The summed E-state index contributed by atoms with van der Waals surface area (Å²) in [5, 5.41) is 8.98. The molecule has 106 valence electrons. The van der Waals surface area contributed by atoms with Crippen molar-refractivity contribution in [3.8, 4) is 0 Å². The van der Waals surface area contributed by atoms with Crippen LogP contribution in [0.3, 0.4) is 0 Å². The van der Waals surface area contributed by atoms with E-state index in [9.17, 15) is 4.79 Å². The van der Waals surface area contributed by atoms with Crippen molar-refractivity contribution in [3.05, 3.63) is 38.9 Å². The predicted octanol–water partition coefficient (Wildman–Crippen LogP) is 3.03. The topological polar surface area (TPSA) is 66.9 Å². The highest BCUT2D eigenvalue weighted by molar-refractivity contribution is 7.09. The van der Waals surface area contributed by atoms with Gasteiger partial charge in [0.05, 0.1) is 16.6 Å². The number of aromatic nitrogens is 2. The van der Waals surface area contributed by atoms with Crippen molar-refractivity contribution in [1.29, 1.82) is 0 Å². The number of nitrogens with one attached hydrogen (secondary N) is 2. The van der Waals surface area contributed by atoms with Crippen molar-refractivity contribution in [2.45, 2.75) is 19.9 Å². The number of amides is 1. The molecule has 1 amide bonds. The van der Waals surface area contributed by atoms with E-state index in [-0.39, 0.29) is 11.9 Å². The summed E-state index contributed by atoms with van der Waals surface area (Å²) in [6, 6.07) is 1.44. The molecular weight excluding hydrogens is 296 g/mol. The SMILES string of the molecule is CNc1ncc(C(=O)NC(C)c2nc(C)cs2)cc1Cl. The van der Waals surface area contributed by atoms with Crippen molar-refractivity contribution < 1.29 is 4.79 Å². The molecule has 20 heavy (non-hydrogen) atoms. The molecule has 0 fully saturated rings. The van der Waals surface area contributed by atoms with E-state index in [1.54, 1.807) is 13.1 Å². The molecule has 0 saturated heterocycles. The smallest absolute Gasteiger partial charge is 0.253 e. The number of pyridine rings is 1. The zero-order chi connectivity index (χ0) is 14.7. The summed E-state index contributed by atoms with van der Waals surface area (Å²) in [4.78, 5) is 20.6. The van der Waals surface area contributed by atoms with E-state index in [0.29, 0.717) is 16.4 Å². The van der Waals surface area contributed by atoms with Crippen LogP contribution in [0.15, 0.2) is 17.6 Å². The van der Waals surface area contributed by atoms with Crippen LogP contribution in [0.2, 0.25) is 5.02 Å². The summed E-state index contributed by atoms with van der Waals surface area (Å²) < 4.78 is 0. The highest BCUT2D eigenvalue weighted by Gasteiger charge is 2.15. The highest BCUT2D eigenvalue weighted by Crippen LogP contribution is 2.21. The number of anilines is 1. The van der Waals surface area contributed by atoms with Crippen LogP contribution in [-0.2, 0) is 0 Å². The molecule has 0 bridgehead atoms. The zero-order valence-corrected chi connectivity index (χ0v) is 13.0. The molecule has 7 heteroatoms. The number of nitrogens with zero attached hydrogens (tertiary/aromatic N) is 2. The van der Waals surface area contributed by atoms with Crippen molar-refractivity contribution in [2.75, 3.05) is 12.4 Å². The first kappa shape index (κ1) is 14.7. The second kappa shape index (κ2) is 6.19. The fourth-order valence-corrected chi connectivity index (χ4v) is 2.72. The van der Waals surface area contributed by atoms with Gasteiger partial charge in [-0.1, -0.05) is 11.6 Å². The molecule has 0 spiro atoms. The maximum atomic E-state index is 12.1. The van der Waals surface area contributed by atoms with Gasteiger partial charge in [0.15, 0.2) is 0 Å². The van der Waals surface area contributed by atoms with E-state index in [0.717, 1.165) is 10.7 Å². The van der Waals surface area contributed by atoms with Gasteiger partial charge in [-0.3, -0.25) is 4.79 Å². The monoisotopic (exact) mass is 310 g/mol. The Bertz CT molecular complexity index is 629. The van der Waals surface area contributed by atoms with Crippen LogP contribution < -0.4 is 10.6 Å². The molecule has 1 atom stereocenters. The van der Waals surface area contributed by atoms with Gasteiger partial charge in [-0.15, -0.1) is 11.3 Å². The number of carbonyl (C=O) groups excluding carboxylic acids is 1. The van der Waals surface area contributed by atoms with Crippen LogP contribution in [0.5, 0.6) is 0 Å². The molecule has 2 heterocycles. The zero-order valence-electron chi connectivity index (χ0n) is 11.4. The second-order valence-electron chi connectivity index (χ2n) is 4.33. The molecule has 2 rings (SSSR count). The van der Waals surface area contributed by atoms with Gasteiger partial charge >= 0.3 is 0 Å². The molecule has 0 aliphatic rings. The average molecular weight is 311 g/mol. The van der Waals surface area contributed by atoms with Gasteiger partial charge in [0.1, 0.15) is 10.8 Å². The standard InChI is InChI=1S/C13H15ClN4OS/c1-7-6-20-13(17-7)8(2)18-12(19)9-4-10(14)11(15-3)16-5-9/h4-6,8H,1-3H3,(H,15,16)(H,18,19). The Kier molecular flexibility index (Phi) is 4.57. The normalized spacial score (nSPS) is 12.0. The molecule has 2 aromatic rings. The molecule has 1 unspecified atom stereocenters. The highest BCUT2D eigenvalue weighted by atomic mass is 35.5. The fraction of sp³-hybridized carbons (Fsp3) is 0.308. The Morgan fingerprint density at radius 1 is 1.50 bits per heavy atom. The van der Waals surface area contributed by atoms with E-state index >= 15 is 0 Å². The molecule has 0 radical (unpaired) electrons. The van der Waals surface area contributed by atoms with Gasteiger partial charge in [0.2, 0.25) is 0 Å². The molecule has 0 saturated carbocycles. The summed E-state index contributed by atoms with van der Waals surface area (Å²) in [5.74, 6) is 0.328. The lowest BCUT2D eigenvalue weighted by atomic mass is 10.2. The third-order valence-corrected chi connectivity index (χ3v) is 4.13. The largest absolute Gasteiger partial charge is 0.372 e. The number of thiazole rings is 1. The number of hydrogen-bond acceptors (Lipinski definition) is 5. The van der Waals surface area contributed by atoms with Crippen LogP contribution in [0.4, 0.5) is 5.82 Å². The Morgan fingerprint density at radius 3 is 2.80 bits per heavy atom. The molecule has 2 N–H and O–H groups in total. The first-order valence-electron chi connectivity index (χ1n) is 6.07. The third kappa shape index (κ3) is 3.26. The summed E-state index contributed by atoms with van der Waals surface area (Å²) >= 11 is 7.54. The lowest BCUT2D eigenvalue weighted by molar-refractivity contribution is 0.0939. The minimum Gasteiger partial charge on any atom is -0.372 e. The Hall–Kier alpha value is -1.66. The molecule has 0 aromatic carbocycles. The van der Waals surface area contributed by atoms with Gasteiger partial charge in [0, 0.05) is 24.3 Å². The van der Waals surface area contributed by atoms with Crippen molar-refractivity contribution in [3.63, 3.8) is 0 Å². The van der Waals surface area contributed by atoms with Gasteiger partial charge in [-0.2, -0.15) is 0 Å². The lowest BCUT2D eigenvalue weighted by Gasteiger charge is -2.12. The van der Waals surface area contributed by atoms with E-state index in [1.807, 2.05) is 19.2 Å². The molecular formula is C13H15ClN4OS. The molecule has 5 nitrogen and oxygen atoms in total. The van der Waals surface area contributed by atoms with Crippen LogP contribution in [0.25, 0.3) is 0 Å². The minimum atomic E-state index is -0.220. The minimum absolute atomic E-state index is 0.149. The van der Waals surface area contributed by atoms with Gasteiger partial charge in [-0.05, 0) is 19.9 Å². The molecule has 0 aliphatic heterocycles. The average Bonchev–Trinajstić information content (AvgIpc) is 2.85. The van der Waals surface area contributed by atoms with Crippen molar-refractivity contribution in [1.82, 2.24) is 15.3 Å². The summed E-state index contributed by atoms with van der Waals surface area (Å²) in [6.45, 7) is 3.82. The first-order valence-corrected chi connectivity index (χ1v) is 7.33. The van der Waals surface area contributed by atoms with Gasteiger partial charge < -0.3 is 10.6 Å². The first-order chi connectivity index (χ1) is 9.51. The van der Waals surface area contributed by atoms with Crippen molar-refractivity contribution >= 4 is 34.7 Å². The van der Waals surface area contributed by atoms with Gasteiger partial charge in [-0.25, -0.2) is 9.97 Å². The number of halogens is 1. The van der Waals surface area contributed by atoms with Crippen LogP contribution >= 0.6 is 22.9 Å². The van der Waals surface area contributed by atoms with Crippen LogP contribution in [0, 0.1) is 6.92 Å². The maximum absolute atomic E-state index is 12.1. The fourth-order valence-electron chi connectivity index (χ4n) is 1.66. The van der Waals surface area contributed by atoms with E-state index in [1.165, 1.54) is 17.5 Å². The Balaban J connectivity index is 2.10. The quantitative estimate of drug-likeness (QED) is 0.911. The lowest BCUT2D eigenvalue weighted by Crippen LogP contribution is -2.26. The van der Waals surface area contributed by atoms with E-state index in [2.05, 4.69) is 20.6 Å². The molecule has 2 aromatic heterocycles. The number of carbonyl (C=O) groups is 1. The predicted molar refractivity (Wildman–Crippen MR) is 81.5 cm³/mol. The summed E-state index contributed by atoms with van der Waals surface area (Å²) in [5.41, 5.74) is 1.38. The maximum Gasteiger partial charge on any atom is 0.253 e. The summed E-state index contributed by atoms with van der Waals surface area (Å²) in [6.07, 6.45) is 1.49. The number of rotatable bonds is 4. The number of aryl methyl sites for hydroxylation is 1. The molecule has 0 aliphatic carbocycles. The Labute approximate surface area is 126 Å². The van der Waals surface area contributed by atoms with Crippen molar-refractivity contribution in [2.24, 2.45) is 0 Å². The van der Waals surface area contributed by atoms with E-state index in [4.69, 9.17) is 11.6 Å². The van der Waals surface area contributed by atoms with Crippen LogP contribution in [-0.4, -0.2) is 22.9 Å².